The van der Waals surface area contributed by atoms with Gasteiger partial charge in [0.15, 0.2) is 0 Å². The van der Waals surface area contributed by atoms with Gasteiger partial charge in [-0.3, -0.25) is 19.7 Å². The van der Waals surface area contributed by atoms with E-state index in [2.05, 4.69) is 0 Å². The maximum absolute atomic E-state index is 12.3. The summed E-state index contributed by atoms with van der Waals surface area (Å²) in [6.45, 7) is 1.82. The van der Waals surface area contributed by atoms with Crippen LogP contribution >= 0.6 is 11.5 Å². The van der Waals surface area contributed by atoms with E-state index in [0.29, 0.717) is 4.70 Å². The van der Waals surface area contributed by atoms with Gasteiger partial charge in [0.05, 0.1) is 21.6 Å². The molecule has 0 aliphatic heterocycles. The van der Waals surface area contributed by atoms with Crippen molar-refractivity contribution in [2.45, 2.75) is 25.8 Å². The number of carboxylic acid groups (broad SMARTS) is 1. The molecule has 2 aromatic rings. The topological polar surface area (TPSA) is 129 Å². The lowest BCUT2D eigenvalue weighted by Crippen LogP contribution is -2.26. The molecule has 0 aliphatic carbocycles. The van der Waals surface area contributed by atoms with Crippen molar-refractivity contribution in [1.82, 2.24) is 3.96 Å². The zero-order valence-electron chi connectivity index (χ0n) is 12.6. The lowest BCUT2D eigenvalue weighted by molar-refractivity contribution is -0.384. The number of aromatic nitrogens is 1. The fraction of sp³-hybridized carbons (Fsp3) is 0.357. The SMILES string of the molecule is CCOC(=O)CC[C@@H](C(=O)O)n1sc2cc([N+](=O)[O-])ccc2c1=O. The number of ether oxygens (including phenoxy) is 1. The van der Waals surface area contributed by atoms with E-state index in [1.807, 2.05) is 0 Å². The van der Waals surface area contributed by atoms with E-state index in [9.17, 15) is 29.6 Å². The van der Waals surface area contributed by atoms with Gasteiger partial charge >= 0.3 is 11.9 Å². The molecule has 9 nitrogen and oxygen atoms in total. The summed E-state index contributed by atoms with van der Waals surface area (Å²) in [5.41, 5.74) is -0.740. The highest BCUT2D eigenvalue weighted by molar-refractivity contribution is 7.14. The molecule has 0 fully saturated rings. The van der Waals surface area contributed by atoms with Gasteiger partial charge in [0.25, 0.3) is 11.2 Å². The van der Waals surface area contributed by atoms with Crippen LogP contribution in [0.15, 0.2) is 23.0 Å². The first-order chi connectivity index (χ1) is 11.3. The van der Waals surface area contributed by atoms with Gasteiger partial charge in [-0.15, -0.1) is 0 Å². The average Bonchev–Trinajstić information content (AvgIpc) is 2.84. The van der Waals surface area contributed by atoms with Crippen LogP contribution in [-0.2, 0) is 14.3 Å². The number of aliphatic carboxylic acids is 1. The van der Waals surface area contributed by atoms with E-state index in [0.717, 1.165) is 15.5 Å². The first-order valence-electron chi connectivity index (χ1n) is 7.03. The fourth-order valence-electron chi connectivity index (χ4n) is 2.18. The third kappa shape index (κ3) is 3.59. The highest BCUT2D eigenvalue weighted by atomic mass is 32.1. The molecule has 0 bridgehead atoms. The molecule has 1 heterocycles. The monoisotopic (exact) mass is 354 g/mol. The molecular formula is C14H14N2O7S. The minimum atomic E-state index is -1.26. The predicted molar refractivity (Wildman–Crippen MR) is 85.3 cm³/mol. The zero-order chi connectivity index (χ0) is 17.9. The van der Waals surface area contributed by atoms with Crippen molar-refractivity contribution in [2.75, 3.05) is 6.61 Å². The maximum atomic E-state index is 12.3. The summed E-state index contributed by atoms with van der Waals surface area (Å²) in [5.74, 6) is -1.81. The van der Waals surface area contributed by atoms with Gasteiger partial charge < -0.3 is 9.84 Å². The summed E-state index contributed by atoms with van der Waals surface area (Å²) in [7, 11) is 0. The van der Waals surface area contributed by atoms with Crippen LogP contribution in [0.2, 0.25) is 0 Å². The number of benzene rings is 1. The van der Waals surface area contributed by atoms with Gasteiger partial charge in [-0.25, -0.2) is 8.75 Å². The minimum absolute atomic E-state index is 0.108. The minimum Gasteiger partial charge on any atom is -0.480 e. The predicted octanol–water partition coefficient (Wildman–Crippen LogP) is 1.94. The highest BCUT2D eigenvalue weighted by Gasteiger charge is 2.25. The summed E-state index contributed by atoms with van der Waals surface area (Å²) in [4.78, 5) is 45.4. The van der Waals surface area contributed by atoms with Crippen molar-refractivity contribution in [3.63, 3.8) is 0 Å². The van der Waals surface area contributed by atoms with Crippen LogP contribution in [0.4, 0.5) is 5.69 Å². The van der Waals surface area contributed by atoms with E-state index in [-0.39, 0.29) is 30.5 Å². The van der Waals surface area contributed by atoms with Crippen LogP contribution in [0.1, 0.15) is 25.8 Å². The summed E-state index contributed by atoms with van der Waals surface area (Å²) < 4.78 is 6.09. The fourth-order valence-corrected chi connectivity index (χ4v) is 3.32. The Bertz CT molecular complexity index is 854. The smallest absolute Gasteiger partial charge is 0.327 e. The Kier molecular flexibility index (Phi) is 5.29. The quantitative estimate of drug-likeness (QED) is 0.457. The van der Waals surface area contributed by atoms with Gasteiger partial charge in [-0.1, -0.05) is 11.5 Å². The van der Waals surface area contributed by atoms with E-state index in [4.69, 9.17) is 4.74 Å². The number of esters is 1. The molecule has 0 saturated carbocycles. The van der Waals surface area contributed by atoms with E-state index in [1.54, 1.807) is 6.92 Å². The Hall–Kier alpha value is -2.75. The normalized spacial score (nSPS) is 12.0. The van der Waals surface area contributed by atoms with E-state index in [1.165, 1.54) is 18.2 Å². The number of hydrogen-bond donors (Lipinski definition) is 1. The molecule has 0 spiro atoms. The number of hydrogen-bond acceptors (Lipinski definition) is 7. The van der Waals surface area contributed by atoms with Crippen molar-refractivity contribution in [1.29, 1.82) is 0 Å². The van der Waals surface area contributed by atoms with Crippen molar-refractivity contribution in [3.8, 4) is 0 Å². The second-order valence-electron chi connectivity index (χ2n) is 4.86. The Morgan fingerprint density at radius 1 is 1.46 bits per heavy atom. The molecule has 128 valence electrons. The summed E-state index contributed by atoms with van der Waals surface area (Å²) in [6.07, 6.45) is -0.255. The summed E-state index contributed by atoms with van der Waals surface area (Å²) >= 11 is 0.824. The largest absolute Gasteiger partial charge is 0.480 e. The van der Waals surface area contributed by atoms with Gasteiger partial charge in [0, 0.05) is 18.6 Å². The molecule has 1 aromatic heterocycles. The van der Waals surface area contributed by atoms with Gasteiger partial charge in [-0.2, -0.15) is 0 Å². The second-order valence-corrected chi connectivity index (χ2v) is 5.87. The van der Waals surface area contributed by atoms with Gasteiger partial charge in [-0.05, 0) is 19.4 Å². The van der Waals surface area contributed by atoms with Crippen LogP contribution in [-0.4, -0.2) is 32.5 Å². The van der Waals surface area contributed by atoms with Crippen LogP contribution in [0.25, 0.3) is 10.1 Å². The molecule has 0 saturated heterocycles. The molecule has 10 heteroatoms. The summed E-state index contributed by atoms with van der Waals surface area (Å²) in [6, 6.07) is 2.48. The molecule has 0 unspecified atom stereocenters. The number of rotatable bonds is 7. The molecule has 1 N–H and O–H groups in total. The molecule has 24 heavy (non-hydrogen) atoms. The maximum Gasteiger partial charge on any atom is 0.327 e. The van der Waals surface area contributed by atoms with Crippen molar-refractivity contribution in [2.24, 2.45) is 0 Å². The molecule has 0 radical (unpaired) electrons. The number of carbonyl (C=O) groups is 2. The van der Waals surface area contributed by atoms with Gasteiger partial charge in [0.1, 0.15) is 6.04 Å². The Balaban J connectivity index is 2.38. The van der Waals surface area contributed by atoms with Crippen molar-refractivity contribution < 1.29 is 24.4 Å². The average molecular weight is 354 g/mol. The van der Waals surface area contributed by atoms with E-state index < -0.39 is 28.5 Å². The first kappa shape index (κ1) is 17.6. The van der Waals surface area contributed by atoms with Crippen molar-refractivity contribution in [3.05, 3.63) is 38.7 Å². The van der Waals surface area contributed by atoms with Crippen LogP contribution in [0.5, 0.6) is 0 Å². The van der Waals surface area contributed by atoms with Gasteiger partial charge in [0.2, 0.25) is 0 Å². The lowest BCUT2D eigenvalue weighted by Gasteiger charge is -2.11. The first-order valence-corrected chi connectivity index (χ1v) is 7.81. The van der Waals surface area contributed by atoms with Crippen molar-refractivity contribution >= 4 is 39.2 Å². The Morgan fingerprint density at radius 2 is 2.17 bits per heavy atom. The lowest BCUT2D eigenvalue weighted by atomic mass is 10.1. The van der Waals surface area contributed by atoms with Crippen LogP contribution < -0.4 is 5.56 Å². The number of nitro groups is 1. The molecule has 1 aromatic carbocycles. The zero-order valence-corrected chi connectivity index (χ0v) is 13.4. The number of carboxylic acids is 1. The summed E-state index contributed by atoms with van der Waals surface area (Å²) in [5, 5.41) is 20.3. The molecule has 0 amide bonds. The third-order valence-electron chi connectivity index (χ3n) is 3.30. The number of carbonyl (C=O) groups excluding carboxylic acids is 1. The van der Waals surface area contributed by atoms with Crippen LogP contribution in [0, 0.1) is 10.1 Å². The van der Waals surface area contributed by atoms with E-state index >= 15 is 0 Å². The standard InChI is InChI=1S/C14H14N2O7S/c1-2-23-12(17)6-5-10(14(19)20)15-13(18)9-4-3-8(16(21)22)7-11(9)24-15/h3-4,7,10H,2,5-6H2,1H3,(H,19,20)/t10-/m0/s1. The highest BCUT2D eigenvalue weighted by Crippen LogP contribution is 2.26. The number of non-ortho nitro benzene ring substituents is 1. The number of fused-ring (bicyclic) bond motifs is 1. The van der Waals surface area contributed by atoms with Crippen LogP contribution in [0.3, 0.4) is 0 Å². The molecular weight excluding hydrogens is 340 g/mol. The second kappa shape index (κ2) is 7.21. The molecule has 2 rings (SSSR count). The molecule has 0 aliphatic rings. The number of nitrogens with zero attached hydrogens (tertiary/aromatic N) is 2. The Morgan fingerprint density at radius 3 is 2.75 bits per heavy atom. The Labute approximate surface area is 139 Å². The third-order valence-corrected chi connectivity index (χ3v) is 4.45. The molecule has 1 atom stereocenters. The number of nitro benzene ring substituents is 1.